The number of nitro groups is 1. The fourth-order valence-corrected chi connectivity index (χ4v) is 2.59. The van der Waals surface area contributed by atoms with E-state index < -0.39 is 16.9 Å². The van der Waals surface area contributed by atoms with Crippen LogP contribution in [0, 0.1) is 10.1 Å². The number of phenolic OH excluding ortho intramolecular Hbond substituents is 1. The molecule has 1 amide bonds. The number of nitrogens with one attached hydrogen (secondary N) is 2. The average Bonchev–Trinajstić information content (AvgIpc) is 3.24. The first kappa shape index (κ1) is 20.7. The molecule has 2 heterocycles. The van der Waals surface area contributed by atoms with Gasteiger partial charge in [-0.15, -0.1) is 0 Å². The van der Waals surface area contributed by atoms with E-state index in [1.807, 2.05) is 0 Å². The van der Waals surface area contributed by atoms with Gasteiger partial charge < -0.3 is 25.9 Å². The van der Waals surface area contributed by atoms with E-state index in [0.717, 1.165) is 11.8 Å². The fraction of sp³-hybridized carbons (Fsp3) is 0.211. The zero-order chi connectivity index (χ0) is 21.5. The molecule has 5 N–H and O–H groups in total. The van der Waals surface area contributed by atoms with Gasteiger partial charge in [-0.1, -0.05) is 12.1 Å². The summed E-state index contributed by atoms with van der Waals surface area (Å²) in [7, 11) is 0. The summed E-state index contributed by atoms with van der Waals surface area (Å²) < 4.78 is 5.32. The lowest BCUT2D eigenvalue weighted by Gasteiger charge is -2.07. The molecule has 1 aromatic carbocycles. The molecule has 0 aliphatic heterocycles. The van der Waals surface area contributed by atoms with Gasteiger partial charge in [-0.3, -0.25) is 14.9 Å². The third kappa shape index (κ3) is 5.52. The second-order valence-electron chi connectivity index (χ2n) is 6.39. The highest BCUT2D eigenvalue weighted by Gasteiger charge is 2.17. The van der Waals surface area contributed by atoms with E-state index in [4.69, 9.17) is 10.2 Å². The van der Waals surface area contributed by atoms with Crippen LogP contribution in [-0.2, 0) is 6.42 Å². The number of carbonyl (C=O) groups excluding carboxylic acids is 1. The fourth-order valence-electron chi connectivity index (χ4n) is 2.59. The van der Waals surface area contributed by atoms with E-state index >= 15 is 0 Å². The van der Waals surface area contributed by atoms with Gasteiger partial charge in [0.25, 0.3) is 11.6 Å². The molecule has 30 heavy (non-hydrogen) atoms. The Morgan fingerprint density at radius 2 is 2.00 bits per heavy atom. The number of oxazole rings is 1. The Labute approximate surface area is 171 Å². The molecule has 2 aromatic heterocycles. The normalized spacial score (nSPS) is 11.6. The number of amides is 1. The van der Waals surface area contributed by atoms with Gasteiger partial charge in [0.05, 0.1) is 11.0 Å². The Kier molecular flexibility index (Phi) is 6.55. The van der Waals surface area contributed by atoms with Crippen LogP contribution in [0.15, 0.2) is 53.3 Å². The number of rotatable bonds is 9. The maximum Gasteiger partial charge on any atom is 0.287 e. The van der Waals surface area contributed by atoms with Crippen LogP contribution in [0.3, 0.4) is 0 Å². The second kappa shape index (κ2) is 9.47. The van der Waals surface area contributed by atoms with Gasteiger partial charge >= 0.3 is 0 Å². The average molecular weight is 412 g/mol. The number of benzene rings is 1. The van der Waals surface area contributed by atoms with Crippen LogP contribution in [-0.4, -0.2) is 39.0 Å². The number of carbonyl (C=O) groups is 1. The van der Waals surface area contributed by atoms with Crippen LogP contribution in [0.5, 0.6) is 5.75 Å². The summed E-state index contributed by atoms with van der Waals surface area (Å²) >= 11 is 0. The number of hydrogen-bond acceptors (Lipinski definition) is 9. The van der Waals surface area contributed by atoms with Crippen molar-refractivity contribution in [3.8, 4) is 5.75 Å². The molecule has 0 aliphatic carbocycles. The molecule has 156 valence electrons. The number of aromatic hydroxyl groups is 1. The lowest BCUT2D eigenvalue weighted by atomic mass is 10.1. The van der Waals surface area contributed by atoms with E-state index in [0.29, 0.717) is 18.8 Å². The van der Waals surface area contributed by atoms with Gasteiger partial charge in [0.15, 0.2) is 5.69 Å². The first-order valence-electron chi connectivity index (χ1n) is 9.04. The standard InChI is InChI=1S/C19H20N6O5/c20-15(9-12-1-4-14(26)5-2-12)19-24-16(11-30-19)18(27)22-8-7-21-17-6-3-13(10-23-17)25(28)29/h1-6,10-11,15,26H,7-9,20H2,(H,21,23)(H,22,27). The molecule has 3 rings (SSSR count). The number of hydrogen-bond donors (Lipinski definition) is 4. The molecule has 11 nitrogen and oxygen atoms in total. The molecule has 0 bridgehead atoms. The van der Waals surface area contributed by atoms with E-state index in [1.165, 1.54) is 18.4 Å². The highest BCUT2D eigenvalue weighted by Crippen LogP contribution is 2.18. The van der Waals surface area contributed by atoms with Crippen molar-refractivity contribution in [1.29, 1.82) is 0 Å². The summed E-state index contributed by atoms with van der Waals surface area (Å²) in [5.74, 6) is 0.446. The van der Waals surface area contributed by atoms with Gasteiger partial charge in [-0.2, -0.15) is 0 Å². The molecule has 0 radical (unpaired) electrons. The summed E-state index contributed by atoms with van der Waals surface area (Å²) in [4.78, 5) is 30.3. The van der Waals surface area contributed by atoms with E-state index in [2.05, 4.69) is 20.6 Å². The zero-order valence-corrected chi connectivity index (χ0v) is 15.8. The summed E-state index contributed by atoms with van der Waals surface area (Å²) in [5, 5.41) is 25.5. The summed E-state index contributed by atoms with van der Waals surface area (Å²) in [6.45, 7) is 0.640. The third-order valence-corrected chi connectivity index (χ3v) is 4.14. The number of anilines is 1. The molecule has 0 saturated heterocycles. The topological polar surface area (TPSA) is 169 Å². The van der Waals surface area contributed by atoms with E-state index in [9.17, 15) is 20.0 Å². The Morgan fingerprint density at radius 1 is 1.23 bits per heavy atom. The van der Waals surface area contributed by atoms with Crippen LogP contribution in [0.2, 0.25) is 0 Å². The van der Waals surface area contributed by atoms with Crippen molar-refractivity contribution < 1.29 is 19.2 Å². The van der Waals surface area contributed by atoms with Crippen molar-refractivity contribution in [2.24, 2.45) is 5.73 Å². The van der Waals surface area contributed by atoms with E-state index in [1.54, 1.807) is 24.3 Å². The number of aromatic nitrogens is 2. The van der Waals surface area contributed by atoms with Crippen LogP contribution in [0.25, 0.3) is 0 Å². The maximum atomic E-state index is 12.2. The predicted molar refractivity (Wildman–Crippen MR) is 107 cm³/mol. The minimum Gasteiger partial charge on any atom is -0.508 e. The Morgan fingerprint density at radius 3 is 2.67 bits per heavy atom. The lowest BCUT2D eigenvalue weighted by Crippen LogP contribution is -2.29. The molecular formula is C19H20N6O5. The highest BCUT2D eigenvalue weighted by atomic mass is 16.6. The monoisotopic (exact) mass is 412 g/mol. The Balaban J connectivity index is 1.45. The van der Waals surface area contributed by atoms with Crippen molar-refractivity contribution >= 4 is 17.4 Å². The summed E-state index contributed by atoms with van der Waals surface area (Å²) in [6, 6.07) is 8.92. The largest absolute Gasteiger partial charge is 0.508 e. The molecule has 3 aromatic rings. The molecule has 0 saturated carbocycles. The molecular weight excluding hydrogens is 392 g/mol. The van der Waals surface area contributed by atoms with Crippen molar-refractivity contribution in [3.05, 3.63) is 76.1 Å². The second-order valence-corrected chi connectivity index (χ2v) is 6.39. The first-order valence-corrected chi connectivity index (χ1v) is 9.04. The molecule has 0 aliphatic rings. The highest BCUT2D eigenvalue weighted by molar-refractivity contribution is 5.91. The van der Waals surface area contributed by atoms with Crippen LogP contribution >= 0.6 is 0 Å². The minimum absolute atomic E-state index is 0.0979. The number of nitrogens with two attached hydrogens (primary N) is 1. The number of nitrogens with zero attached hydrogens (tertiary/aromatic N) is 3. The Bertz CT molecular complexity index is 1000. The third-order valence-electron chi connectivity index (χ3n) is 4.14. The van der Waals surface area contributed by atoms with Crippen LogP contribution in [0.4, 0.5) is 11.5 Å². The Hall–Kier alpha value is -3.99. The molecule has 1 unspecified atom stereocenters. The van der Waals surface area contributed by atoms with Gasteiger partial charge in [0, 0.05) is 19.2 Å². The molecule has 11 heteroatoms. The smallest absolute Gasteiger partial charge is 0.287 e. The van der Waals surface area contributed by atoms with E-state index in [-0.39, 0.29) is 29.6 Å². The summed E-state index contributed by atoms with van der Waals surface area (Å²) in [6.07, 6.45) is 2.83. The van der Waals surface area contributed by atoms with Crippen molar-refractivity contribution in [2.45, 2.75) is 12.5 Å². The van der Waals surface area contributed by atoms with Gasteiger partial charge in [-0.05, 0) is 30.2 Å². The molecule has 0 spiro atoms. The zero-order valence-electron chi connectivity index (χ0n) is 15.8. The first-order chi connectivity index (χ1) is 14.4. The lowest BCUT2D eigenvalue weighted by molar-refractivity contribution is -0.385. The minimum atomic E-state index is -0.536. The SMILES string of the molecule is NC(Cc1ccc(O)cc1)c1nc(C(=O)NCCNc2ccc([N+](=O)[O-])cn2)co1. The number of pyridine rings is 1. The van der Waals surface area contributed by atoms with Crippen molar-refractivity contribution in [1.82, 2.24) is 15.3 Å². The van der Waals surface area contributed by atoms with Gasteiger partial charge in [0.1, 0.15) is 24.0 Å². The maximum absolute atomic E-state index is 12.2. The molecule has 0 fully saturated rings. The van der Waals surface area contributed by atoms with Crippen LogP contribution < -0.4 is 16.4 Å². The number of phenols is 1. The van der Waals surface area contributed by atoms with Crippen molar-refractivity contribution in [2.75, 3.05) is 18.4 Å². The summed E-state index contributed by atoms with van der Waals surface area (Å²) in [5.41, 5.74) is 7.00. The van der Waals surface area contributed by atoms with Gasteiger partial charge in [0.2, 0.25) is 5.89 Å². The van der Waals surface area contributed by atoms with Crippen LogP contribution in [0.1, 0.15) is 28.0 Å². The quantitative estimate of drug-likeness (QED) is 0.232. The predicted octanol–water partition coefficient (Wildman–Crippen LogP) is 1.77. The van der Waals surface area contributed by atoms with Gasteiger partial charge in [-0.25, -0.2) is 9.97 Å². The molecule has 1 atom stereocenters. The van der Waals surface area contributed by atoms with Crippen molar-refractivity contribution in [3.63, 3.8) is 0 Å².